The van der Waals surface area contributed by atoms with Crippen LogP contribution in [0.25, 0.3) is 0 Å². The number of nitrogens with zero attached hydrogens (tertiary/aromatic N) is 3. The molecule has 2 aliphatic rings. The zero-order chi connectivity index (χ0) is 15.6. The van der Waals surface area contributed by atoms with Crippen molar-refractivity contribution in [3.63, 3.8) is 0 Å². The minimum absolute atomic E-state index is 0.114. The van der Waals surface area contributed by atoms with E-state index >= 15 is 0 Å². The van der Waals surface area contributed by atoms with Gasteiger partial charge in [-0.25, -0.2) is 4.79 Å². The first-order valence-electron chi connectivity index (χ1n) is 7.25. The van der Waals surface area contributed by atoms with Gasteiger partial charge in [0, 0.05) is 45.3 Å². The van der Waals surface area contributed by atoms with E-state index in [2.05, 4.69) is 4.90 Å². The van der Waals surface area contributed by atoms with E-state index in [0.717, 1.165) is 26.2 Å². The maximum absolute atomic E-state index is 11.9. The van der Waals surface area contributed by atoms with Crippen LogP contribution in [0.15, 0.2) is 0 Å². The molecule has 1 atom stereocenters. The molecule has 0 spiro atoms. The number of amides is 1. The highest BCUT2D eigenvalue weighted by Gasteiger charge is 2.37. The topological polar surface area (TPSA) is 76.2 Å². The molecule has 0 aromatic rings. The van der Waals surface area contributed by atoms with E-state index in [4.69, 9.17) is 4.74 Å². The number of likely N-dealkylation sites (tertiary alicyclic amines) is 1. The molecule has 21 heavy (non-hydrogen) atoms. The van der Waals surface area contributed by atoms with Gasteiger partial charge >= 0.3 is 6.09 Å². The second-order valence-electron chi connectivity index (χ2n) is 6.63. The fourth-order valence-corrected chi connectivity index (χ4v) is 3.12. The monoisotopic (exact) mass is 318 g/mol. The second-order valence-corrected chi connectivity index (χ2v) is 7.49. The Morgan fingerprint density at radius 1 is 1.24 bits per heavy atom. The number of hydrogen-bond acceptors (Lipinski definition) is 6. The Hall–Kier alpha value is -0.700. The molecular weight excluding hydrogens is 294 g/mol. The average molecular weight is 318 g/mol. The fraction of sp³-hybridized carbons (Fsp3) is 0.923. The summed E-state index contributed by atoms with van der Waals surface area (Å²) in [5.74, 6) is 0.114. The Bertz CT molecular complexity index is 399. The highest BCUT2D eigenvalue weighted by Crippen LogP contribution is 2.20. The van der Waals surface area contributed by atoms with Gasteiger partial charge in [0.2, 0.25) is 0 Å². The van der Waals surface area contributed by atoms with Gasteiger partial charge in [0.1, 0.15) is 5.60 Å². The SMILES string of the molecule is CC(C)(C)OC(=O)N1CC(N2CCN(CS(=O)[O-])CC2)C1. The maximum Gasteiger partial charge on any atom is 0.410 e. The zero-order valence-corrected chi connectivity index (χ0v) is 13.7. The molecule has 0 aliphatic carbocycles. The summed E-state index contributed by atoms with van der Waals surface area (Å²) in [5.41, 5.74) is -0.457. The van der Waals surface area contributed by atoms with Crippen LogP contribution >= 0.6 is 0 Å². The molecule has 2 fully saturated rings. The van der Waals surface area contributed by atoms with Gasteiger partial charge < -0.3 is 14.2 Å². The molecule has 0 aromatic carbocycles. The van der Waals surface area contributed by atoms with Crippen LogP contribution < -0.4 is 0 Å². The van der Waals surface area contributed by atoms with E-state index in [1.54, 1.807) is 4.90 Å². The van der Waals surface area contributed by atoms with E-state index in [9.17, 15) is 13.6 Å². The largest absolute Gasteiger partial charge is 0.771 e. The summed E-state index contributed by atoms with van der Waals surface area (Å²) in [5, 5.41) is 0. The minimum atomic E-state index is -2.01. The molecule has 0 bridgehead atoms. The standard InChI is InChI=1S/C13H25N3O4S/c1-13(2,3)20-12(17)16-8-11(9-16)15-6-4-14(5-7-15)10-21(18)19/h11H,4-10H2,1-3H3,(H,18,19)/p-1. The first-order chi connectivity index (χ1) is 9.74. The lowest BCUT2D eigenvalue weighted by molar-refractivity contribution is -0.0236. The Morgan fingerprint density at radius 3 is 2.29 bits per heavy atom. The summed E-state index contributed by atoms with van der Waals surface area (Å²) >= 11 is -2.01. The minimum Gasteiger partial charge on any atom is -0.771 e. The van der Waals surface area contributed by atoms with Crippen LogP contribution in [0.1, 0.15) is 20.8 Å². The smallest absolute Gasteiger partial charge is 0.410 e. The molecule has 7 nitrogen and oxygen atoms in total. The van der Waals surface area contributed by atoms with Gasteiger partial charge in [-0.3, -0.25) is 14.0 Å². The van der Waals surface area contributed by atoms with Crippen LogP contribution in [-0.4, -0.2) is 86.3 Å². The second kappa shape index (κ2) is 6.60. The van der Waals surface area contributed by atoms with Crippen molar-refractivity contribution in [1.29, 1.82) is 0 Å². The number of ether oxygens (including phenoxy) is 1. The summed E-state index contributed by atoms with van der Waals surface area (Å²) in [6, 6.07) is 0.373. The molecule has 1 amide bonds. The van der Waals surface area contributed by atoms with Gasteiger partial charge in [0.05, 0.1) is 5.88 Å². The van der Waals surface area contributed by atoms with Crippen LogP contribution in [0.4, 0.5) is 4.79 Å². The lowest BCUT2D eigenvalue weighted by atomic mass is 10.1. The molecule has 0 saturated carbocycles. The van der Waals surface area contributed by atoms with E-state index < -0.39 is 16.7 Å². The third-order valence-electron chi connectivity index (χ3n) is 3.73. The quantitative estimate of drug-likeness (QED) is 0.685. The molecule has 8 heteroatoms. The summed E-state index contributed by atoms with van der Waals surface area (Å²) in [7, 11) is 0. The summed E-state index contributed by atoms with van der Waals surface area (Å²) in [4.78, 5) is 17.8. The number of rotatable bonds is 3. The predicted octanol–water partition coefficient (Wildman–Crippen LogP) is 0.0599. The Kier molecular flexibility index (Phi) is 5.24. The van der Waals surface area contributed by atoms with Crippen molar-refractivity contribution in [2.45, 2.75) is 32.4 Å². The third kappa shape index (κ3) is 4.91. The van der Waals surface area contributed by atoms with Gasteiger partial charge in [-0.05, 0) is 31.9 Å². The Labute approximate surface area is 128 Å². The van der Waals surface area contributed by atoms with Crippen LogP contribution in [0, 0.1) is 0 Å². The lowest BCUT2D eigenvalue weighted by Gasteiger charge is -2.48. The van der Waals surface area contributed by atoms with Gasteiger partial charge in [-0.1, -0.05) is 0 Å². The van der Waals surface area contributed by atoms with Crippen molar-refractivity contribution in [1.82, 2.24) is 14.7 Å². The van der Waals surface area contributed by atoms with Crippen LogP contribution in [-0.2, 0) is 15.8 Å². The molecular formula is C13H24N3O4S-. The van der Waals surface area contributed by atoms with Crippen LogP contribution in [0.5, 0.6) is 0 Å². The highest BCUT2D eigenvalue weighted by molar-refractivity contribution is 7.79. The fourth-order valence-electron chi connectivity index (χ4n) is 2.57. The molecule has 122 valence electrons. The van der Waals surface area contributed by atoms with Crippen LogP contribution in [0.3, 0.4) is 0 Å². The summed E-state index contributed by atoms with van der Waals surface area (Å²) in [6.07, 6.45) is -0.251. The normalized spacial score (nSPS) is 23.7. The molecule has 2 saturated heterocycles. The van der Waals surface area contributed by atoms with Crippen molar-refractivity contribution < 1.29 is 18.3 Å². The zero-order valence-electron chi connectivity index (χ0n) is 12.9. The maximum atomic E-state index is 11.9. The number of carbonyl (C=O) groups is 1. The average Bonchev–Trinajstić information content (AvgIpc) is 2.26. The van der Waals surface area contributed by atoms with Gasteiger partial charge in [0.15, 0.2) is 0 Å². The van der Waals surface area contributed by atoms with Crippen molar-refractivity contribution in [2.75, 3.05) is 45.1 Å². The van der Waals surface area contributed by atoms with Crippen LogP contribution in [0.2, 0.25) is 0 Å². The first-order valence-corrected chi connectivity index (χ1v) is 8.49. The van der Waals surface area contributed by atoms with Gasteiger partial charge in [0.25, 0.3) is 0 Å². The molecule has 2 heterocycles. The highest BCUT2D eigenvalue weighted by atomic mass is 32.2. The lowest BCUT2D eigenvalue weighted by Crippen LogP contribution is -2.64. The third-order valence-corrected chi connectivity index (χ3v) is 4.30. The molecule has 0 N–H and O–H groups in total. The van der Waals surface area contributed by atoms with E-state index in [1.165, 1.54) is 0 Å². The van der Waals surface area contributed by atoms with Gasteiger partial charge in [-0.2, -0.15) is 0 Å². The number of piperazine rings is 1. The summed E-state index contributed by atoms with van der Waals surface area (Å²) < 4.78 is 26.7. The van der Waals surface area contributed by atoms with Crippen molar-refractivity contribution in [3.05, 3.63) is 0 Å². The molecule has 0 aromatic heterocycles. The Balaban J connectivity index is 1.69. The van der Waals surface area contributed by atoms with E-state index in [-0.39, 0.29) is 12.0 Å². The molecule has 2 aliphatic heterocycles. The van der Waals surface area contributed by atoms with Crippen molar-refractivity contribution >= 4 is 17.2 Å². The van der Waals surface area contributed by atoms with Crippen molar-refractivity contribution in [2.24, 2.45) is 0 Å². The first kappa shape index (κ1) is 16.7. The molecule has 1 unspecified atom stereocenters. The molecule has 2 rings (SSSR count). The van der Waals surface area contributed by atoms with Crippen molar-refractivity contribution in [3.8, 4) is 0 Å². The van der Waals surface area contributed by atoms with E-state index in [1.807, 2.05) is 25.7 Å². The number of hydrogen-bond donors (Lipinski definition) is 0. The Morgan fingerprint density at radius 2 is 1.81 bits per heavy atom. The van der Waals surface area contributed by atoms with E-state index in [0.29, 0.717) is 19.1 Å². The molecule has 0 radical (unpaired) electrons. The predicted molar refractivity (Wildman–Crippen MR) is 78.5 cm³/mol. The summed E-state index contributed by atoms with van der Waals surface area (Å²) in [6.45, 7) is 10.2. The number of carbonyl (C=O) groups excluding carboxylic acids is 1. The van der Waals surface area contributed by atoms with Gasteiger partial charge in [-0.15, -0.1) is 0 Å².